The van der Waals surface area contributed by atoms with Crippen LogP contribution >= 0.6 is 0 Å². The van der Waals surface area contributed by atoms with Crippen molar-refractivity contribution >= 4 is 12.1 Å². The smallest absolute Gasteiger partial charge is 0.235 e. The normalized spacial score (nSPS) is 32.0. The molecule has 5 heteroatoms. The number of carbonyl (C=O) groups is 1. The van der Waals surface area contributed by atoms with Crippen LogP contribution in [0.3, 0.4) is 0 Å². The molecule has 3 unspecified atom stereocenters. The molecule has 0 radical (unpaired) electrons. The number of benzene rings is 1. The van der Waals surface area contributed by atoms with Gasteiger partial charge in [-0.3, -0.25) is 4.79 Å². The zero-order valence-electron chi connectivity index (χ0n) is 21.0. The molecule has 2 bridgehead atoms. The molecule has 1 saturated carbocycles. The van der Waals surface area contributed by atoms with Gasteiger partial charge in [0.25, 0.3) is 0 Å². The number of aliphatic imine (C=N–C) groups is 1. The first kappa shape index (κ1) is 22.9. The second kappa shape index (κ2) is 7.83. The van der Waals surface area contributed by atoms with Crippen molar-refractivity contribution in [2.24, 2.45) is 21.2 Å². The van der Waals surface area contributed by atoms with Gasteiger partial charge in [0.2, 0.25) is 5.88 Å². The van der Waals surface area contributed by atoms with Crippen LogP contribution in [-0.4, -0.2) is 29.6 Å². The first-order valence-electron chi connectivity index (χ1n) is 12.4. The lowest BCUT2D eigenvalue weighted by molar-refractivity contribution is -0.119. The van der Waals surface area contributed by atoms with E-state index in [0.29, 0.717) is 52.5 Å². The summed E-state index contributed by atoms with van der Waals surface area (Å²) in [7, 11) is 0. The van der Waals surface area contributed by atoms with E-state index in [1.807, 2.05) is 36.7 Å². The first-order valence-corrected chi connectivity index (χ1v) is 12.4. The lowest BCUT2D eigenvalue weighted by Crippen LogP contribution is -2.34. The summed E-state index contributed by atoms with van der Waals surface area (Å²) >= 11 is 0. The van der Waals surface area contributed by atoms with Crippen LogP contribution in [0, 0.1) is 27.6 Å². The summed E-state index contributed by atoms with van der Waals surface area (Å²) in [5.74, 6) is 0.653. The second-order valence-corrected chi connectivity index (χ2v) is 12.7. The molecule has 0 spiro atoms. The summed E-state index contributed by atoms with van der Waals surface area (Å²) in [4.78, 5) is 20.4. The van der Waals surface area contributed by atoms with Crippen LogP contribution in [0.5, 0.6) is 0 Å². The van der Waals surface area contributed by atoms with E-state index in [4.69, 9.17) is 9.73 Å². The summed E-state index contributed by atoms with van der Waals surface area (Å²) in [6.07, 6.45) is 6.55. The maximum absolute atomic E-state index is 13.3. The molecular weight excluding hydrogens is 422 g/mol. The molecule has 178 valence electrons. The Morgan fingerprint density at radius 3 is 2.53 bits per heavy atom. The molecule has 5 nitrogen and oxygen atoms in total. The van der Waals surface area contributed by atoms with Crippen molar-refractivity contribution < 1.29 is 9.53 Å². The van der Waals surface area contributed by atoms with Crippen LogP contribution in [-0.2, 0) is 9.53 Å². The zero-order chi connectivity index (χ0) is 24.3. The average molecular weight is 458 g/mol. The number of nitriles is 1. The van der Waals surface area contributed by atoms with Crippen LogP contribution in [0.2, 0.25) is 0 Å². The third-order valence-corrected chi connectivity index (χ3v) is 7.94. The van der Waals surface area contributed by atoms with Crippen LogP contribution in [0.25, 0.3) is 0 Å². The van der Waals surface area contributed by atoms with E-state index >= 15 is 0 Å². The fraction of sp³-hybridized carbons (Fsp3) is 0.552. The number of Topliss-reactive ketones (excluding diaryl/α,β-unsaturated/α-hetero) is 1. The number of fused-ring (bicyclic) bond motifs is 2. The SMILES string of the molecule is CC1(C)CC(=O)C2=C(C1)OC(N=CN1CC3(C)CC1CC(C)(C)C3)=C(C#N)C2c1ccccc1. The summed E-state index contributed by atoms with van der Waals surface area (Å²) in [5, 5.41) is 10.2. The molecule has 2 aliphatic carbocycles. The van der Waals surface area contributed by atoms with Crippen LogP contribution in [0.4, 0.5) is 0 Å². The van der Waals surface area contributed by atoms with Gasteiger partial charge in [-0.2, -0.15) is 5.26 Å². The number of nitrogens with zero attached hydrogens (tertiary/aromatic N) is 3. The molecule has 0 N–H and O–H groups in total. The molecule has 1 aromatic carbocycles. The van der Waals surface area contributed by atoms with Crippen LogP contribution in [0.1, 0.15) is 78.2 Å². The van der Waals surface area contributed by atoms with Crippen LogP contribution in [0.15, 0.2) is 58.1 Å². The summed E-state index contributed by atoms with van der Waals surface area (Å²) < 4.78 is 6.28. The molecule has 0 amide bonds. The van der Waals surface area contributed by atoms with Gasteiger partial charge in [-0.1, -0.05) is 65.0 Å². The standard InChI is InChI=1S/C29H35N3O2/c1-27(2)13-22(33)25-23(14-27)34-26(21(15-30)24(25)19-9-7-6-8-10-19)31-18-32-17-29(5)12-20(32)11-28(3,4)16-29/h6-10,18,20,24H,11-14,16-17H2,1-5H3. The predicted molar refractivity (Wildman–Crippen MR) is 133 cm³/mol. The van der Waals surface area contributed by atoms with Crippen LogP contribution < -0.4 is 0 Å². The van der Waals surface area contributed by atoms with Gasteiger partial charge in [0.15, 0.2) is 5.78 Å². The number of ketones is 1. The highest BCUT2D eigenvalue weighted by Crippen LogP contribution is 2.52. The van der Waals surface area contributed by atoms with Gasteiger partial charge >= 0.3 is 0 Å². The van der Waals surface area contributed by atoms with Gasteiger partial charge in [0.1, 0.15) is 17.4 Å². The first-order chi connectivity index (χ1) is 16.0. The Morgan fingerprint density at radius 2 is 1.82 bits per heavy atom. The Balaban J connectivity index is 1.53. The van der Waals surface area contributed by atoms with E-state index < -0.39 is 5.92 Å². The Hall–Kier alpha value is -2.87. The van der Waals surface area contributed by atoms with Gasteiger partial charge in [-0.15, -0.1) is 0 Å². The molecule has 3 atom stereocenters. The lowest BCUT2D eigenvalue weighted by Gasteiger charge is -2.39. The molecule has 0 aromatic heterocycles. The Morgan fingerprint density at radius 1 is 1.09 bits per heavy atom. The highest BCUT2D eigenvalue weighted by atomic mass is 16.5. The number of carbonyl (C=O) groups excluding carboxylic acids is 1. The quantitative estimate of drug-likeness (QED) is 0.406. The summed E-state index contributed by atoms with van der Waals surface area (Å²) in [6.45, 7) is 12.3. The van der Waals surface area contributed by atoms with Gasteiger partial charge in [-0.25, -0.2) is 4.99 Å². The minimum Gasteiger partial charge on any atom is -0.442 e. The summed E-state index contributed by atoms with van der Waals surface area (Å²) in [6, 6.07) is 12.6. The Labute approximate surface area is 203 Å². The molecule has 5 rings (SSSR count). The monoisotopic (exact) mass is 457 g/mol. The molecule has 34 heavy (non-hydrogen) atoms. The van der Waals surface area contributed by atoms with Crippen molar-refractivity contribution in [1.82, 2.24) is 4.90 Å². The molecule has 2 fully saturated rings. The molecular formula is C29H35N3O2. The fourth-order valence-corrected chi connectivity index (χ4v) is 7.08. The van der Waals surface area contributed by atoms with Crippen molar-refractivity contribution in [3.8, 4) is 6.07 Å². The minimum absolute atomic E-state index is 0.0689. The van der Waals surface area contributed by atoms with Crippen molar-refractivity contribution in [2.45, 2.75) is 78.7 Å². The third-order valence-electron chi connectivity index (χ3n) is 7.94. The zero-order valence-corrected chi connectivity index (χ0v) is 21.0. The molecule has 1 aromatic rings. The topological polar surface area (TPSA) is 65.7 Å². The number of rotatable bonds is 3. The molecule has 4 aliphatic rings. The van der Waals surface area contributed by atoms with Crippen molar-refractivity contribution in [3.63, 3.8) is 0 Å². The lowest BCUT2D eigenvalue weighted by atomic mass is 9.65. The molecule has 2 heterocycles. The van der Waals surface area contributed by atoms with Gasteiger partial charge in [0.05, 0.1) is 12.3 Å². The average Bonchev–Trinajstić information content (AvgIpc) is 2.98. The van der Waals surface area contributed by atoms with Gasteiger partial charge in [0, 0.05) is 31.0 Å². The Bertz CT molecular complexity index is 1150. The minimum atomic E-state index is -0.431. The van der Waals surface area contributed by atoms with E-state index in [2.05, 4.69) is 45.6 Å². The number of allylic oxidation sites excluding steroid dienone is 3. The highest BCUT2D eigenvalue weighted by molar-refractivity contribution is 6.00. The van der Waals surface area contributed by atoms with Gasteiger partial charge < -0.3 is 9.64 Å². The molecule has 2 aliphatic heterocycles. The largest absolute Gasteiger partial charge is 0.442 e. The third kappa shape index (κ3) is 4.08. The second-order valence-electron chi connectivity index (χ2n) is 12.7. The molecule has 1 saturated heterocycles. The summed E-state index contributed by atoms with van der Waals surface area (Å²) in [5.41, 5.74) is 2.42. The number of hydrogen-bond donors (Lipinski definition) is 0. The van der Waals surface area contributed by atoms with Crippen molar-refractivity contribution in [3.05, 3.63) is 58.7 Å². The van der Waals surface area contributed by atoms with E-state index in [0.717, 1.165) is 18.5 Å². The maximum Gasteiger partial charge on any atom is 0.235 e. The fourth-order valence-electron chi connectivity index (χ4n) is 7.08. The van der Waals surface area contributed by atoms with E-state index in [-0.39, 0.29) is 11.2 Å². The highest BCUT2D eigenvalue weighted by Gasteiger charge is 2.49. The van der Waals surface area contributed by atoms with Crippen molar-refractivity contribution in [2.75, 3.05) is 6.54 Å². The number of ether oxygens (including phenoxy) is 1. The number of hydrogen-bond acceptors (Lipinski definition) is 4. The van der Waals surface area contributed by atoms with E-state index in [1.165, 1.54) is 12.8 Å². The number of likely N-dealkylation sites (tertiary alicyclic amines) is 1. The predicted octanol–water partition coefficient (Wildman–Crippen LogP) is 6.11. The maximum atomic E-state index is 13.3. The van der Waals surface area contributed by atoms with Crippen molar-refractivity contribution in [1.29, 1.82) is 5.26 Å². The van der Waals surface area contributed by atoms with E-state index in [1.54, 1.807) is 0 Å². The van der Waals surface area contributed by atoms with E-state index in [9.17, 15) is 10.1 Å². The van der Waals surface area contributed by atoms with Gasteiger partial charge in [-0.05, 0) is 41.1 Å². The Kier molecular flexibility index (Phi) is 5.28.